The molecule has 3 N–H and O–H groups in total. The number of fused-ring (bicyclic) bond motifs is 1. The number of hydrogen-bond acceptors (Lipinski definition) is 9. The van der Waals surface area contributed by atoms with Crippen LogP contribution in [0.25, 0.3) is 22.0 Å². The van der Waals surface area contributed by atoms with Gasteiger partial charge in [0.25, 0.3) is 0 Å². The van der Waals surface area contributed by atoms with Gasteiger partial charge in [-0.3, -0.25) is 4.68 Å². The molecule has 2 aromatic carbocycles. The van der Waals surface area contributed by atoms with Crippen molar-refractivity contribution in [1.29, 1.82) is 0 Å². The van der Waals surface area contributed by atoms with Gasteiger partial charge in [-0.15, -0.1) is 0 Å². The Morgan fingerprint density at radius 3 is 2.44 bits per heavy atom. The molecule has 0 saturated heterocycles. The summed E-state index contributed by atoms with van der Waals surface area (Å²) in [5.41, 5.74) is 5.02. The summed E-state index contributed by atoms with van der Waals surface area (Å²) in [5, 5.41) is 17.0. The first-order valence-electron chi connectivity index (χ1n) is 13.6. The minimum Gasteiger partial charge on any atom is -0.495 e. The zero-order valence-corrected chi connectivity index (χ0v) is 26.1. The molecule has 3 aromatic heterocycles. The number of para-hydroxylation sites is 1. The molecule has 0 bridgehead atoms. The van der Waals surface area contributed by atoms with E-state index in [1.807, 2.05) is 61.4 Å². The molecule has 0 spiro atoms. The van der Waals surface area contributed by atoms with E-state index in [1.165, 1.54) is 14.2 Å². The molecule has 5 aromatic rings. The van der Waals surface area contributed by atoms with Crippen LogP contribution in [0.2, 0.25) is 10.0 Å². The van der Waals surface area contributed by atoms with Crippen LogP contribution in [0, 0.1) is 6.92 Å². The third kappa shape index (κ3) is 6.41. The molecule has 43 heavy (non-hydrogen) atoms. The van der Waals surface area contributed by atoms with Crippen molar-refractivity contribution in [2.24, 2.45) is 0 Å². The van der Waals surface area contributed by atoms with Crippen LogP contribution < -0.4 is 25.4 Å². The van der Waals surface area contributed by atoms with Crippen molar-refractivity contribution >= 4 is 57.0 Å². The van der Waals surface area contributed by atoms with Crippen LogP contribution in [-0.2, 0) is 17.8 Å². The number of halogens is 2. The zero-order valence-electron chi connectivity index (χ0n) is 24.6. The average Bonchev–Trinajstić information content (AvgIpc) is 3.48. The van der Waals surface area contributed by atoms with Gasteiger partial charge in [0, 0.05) is 61.1 Å². The lowest BCUT2D eigenvalue weighted by Gasteiger charge is -2.17. The number of methoxy groups -OCH3 is 3. The molecule has 0 atom stereocenters. The second kappa shape index (κ2) is 13.4. The lowest BCUT2D eigenvalue weighted by Crippen LogP contribution is -2.05. The molecule has 3 heterocycles. The van der Waals surface area contributed by atoms with Crippen molar-refractivity contribution in [2.75, 3.05) is 50.9 Å². The number of nitrogens with zero attached hydrogens (tertiary/aromatic N) is 4. The maximum atomic E-state index is 6.78. The highest BCUT2D eigenvalue weighted by Crippen LogP contribution is 2.46. The highest BCUT2D eigenvalue weighted by molar-refractivity contribution is 6.41. The molecule has 0 radical (unpaired) electrons. The summed E-state index contributed by atoms with van der Waals surface area (Å²) in [4.78, 5) is 9.73. The quantitative estimate of drug-likeness (QED) is 0.134. The number of pyridine rings is 2. The van der Waals surface area contributed by atoms with Gasteiger partial charge in [0.1, 0.15) is 23.1 Å². The van der Waals surface area contributed by atoms with E-state index in [4.69, 9.17) is 47.4 Å². The maximum Gasteiger partial charge on any atom is 0.141 e. The van der Waals surface area contributed by atoms with Crippen LogP contribution in [0.5, 0.6) is 11.5 Å². The van der Waals surface area contributed by atoms with E-state index in [9.17, 15) is 0 Å². The number of ether oxygens (including phenoxy) is 3. The topological polar surface area (TPSA) is 107 Å². The number of anilines is 4. The van der Waals surface area contributed by atoms with E-state index < -0.39 is 0 Å². The van der Waals surface area contributed by atoms with Crippen LogP contribution in [0.4, 0.5) is 23.0 Å². The normalized spacial score (nSPS) is 11.0. The molecule has 10 nitrogen and oxygen atoms in total. The predicted molar refractivity (Wildman–Crippen MR) is 174 cm³/mol. The number of benzene rings is 2. The lowest BCUT2D eigenvalue weighted by molar-refractivity contribution is 0.183. The van der Waals surface area contributed by atoms with Crippen LogP contribution >= 0.6 is 23.2 Å². The molecule has 12 heteroatoms. The molecular formula is C31H33Cl2N7O3. The first-order valence-corrected chi connectivity index (χ1v) is 14.3. The monoisotopic (exact) mass is 621 g/mol. The maximum absolute atomic E-state index is 6.78. The molecule has 0 saturated carbocycles. The first-order chi connectivity index (χ1) is 20.9. The van der Waals surface area contributed by atoms with Crippen LogP contribution in [0.15, 0.2) is 55.0 Å². The number of rotatable bonds is 12. The summed E-state index contributed by atoms with van der Waals surface area (Å²) in [6.45, 7) is 3.77. The fourth-order valence-electron chi connectivity index (χ4n) is 4.75. The number of aromatic nitrogens is 4. The van der Waals surface area contributed by atoms with E-state index in [2.05, 4.69) is 21.0 Å². The Hall–Kier alpha value is -4.25. The summed E-state index contributed by atoms with van der Waals surface area (Å²) in [7, 11) is 6.64. The zero-order chi connectivity index (χ0) is 30.5. The van der Waals surface area contributed by atoms with Gasteiger partial charge in [-0.25, -0.2) is 9.97 Å². The number of nitrogens with one attached hydrogen (secondary N) is 3. The fourth-order valence-corrected chi connectivity index (χ4v) is 5.44. The van der Waals surface area contributed by atoms with Gasteiger partial charge in [0.05, 0.1) is 60.7 Å². The largest absolute Gasteiger partial charge is 0.495 e. The van der Waals surface area contributed by atoms with Crippen molar-refractivity contribution in [3.63, 3.8) is 0 Å². The van der Waals surface area contributed by atoms with E-state index >= 15 is 0 Å². The lowest BCUT2D eigenvalue weighted by atomic mass is 10.1. The van der Waals surface area contributed by atoms with Crippen molar-refractivity contribution in [1.82, 2.24) is 19.7 Å². The van der Waals surface area contributed by atoms with Crippen LogP contribution in [0.1, 0.15) is 11.1 Å². The van der Waals surface area contributed by atoms with Gasteiger partial charge in [-0.2, -0.15) is 5.10 Å². The van der Waals surface area contributed by atoms with E-state index in [1.54, 1.807) is 19.4 Å². The summed E-state index contributed by atoms with van der Waals surface area (Å²) in [6, 6.07) is 11.6. The molecule has 0 aliphatic carbocycles. The molecule has 0 aliphatic rings. The predicted octanol–water partition coefficient (Wildman–Crippen LogP) is 7.17. The van der Waals surface area contributed by atoms with Crippen LogP contribution in [-0.4, -0.2) is 54.7 Å². The Balaban J connectivity index is 1.61. The van der Waals surface area contributed by atoms with Crippen molar-refractivity contribution in [2.45, 2.75) is 20.0 Å². The molecule has 5 rings (SSSR count). The Kier molecular flexibility index (Phi) is 9.40. The second-order valence-corrected chi connectivity index (χ2v) is 10.5. The third-order valence-corrected chi connectivity index (χ3v) is 7.76. The highest BCUT2D eigenvalue weighted by atomic mass is 35.5. The van der Waals surface area contributed by atoms with E-state index in [-0.39, 0.29) is 0 Å². The standard InChI is InChI=1S/C31H33Cl2N7O3/c1-18-7-6-8-22(34-2)30(18)39-26-12-21-20(16-35-26)11-23(27-28(32)24(42-4)13-25(43-5)29(27)33)38-31(21)36-14-19-15-37-40(17-19)9-10-41-3/h6-8,11-13,15-17,34H,9-10,14H2,1-5H3,(H,35,39)(H,36,38). The van der Waals surface area contributed by atoms with Gasteiger partial charge in [0.15, 0.2) is 0 Å². The molecule has 0 aliphatic heterocycles. The first kappa shape index (κ1) is 30.2. The SMILES string of the molecule is CNc1cccc(C)c1Nc1cc2c(NCc3cnn(CCOC)c3)nc(-c3c(Cl)c(OC)cc(OC)c3Cl)cc2cn1. The Morgan fingerprint density at radius 1 is 0.977 bits per heavy atom. The van der Waals surface area contributed by atoms with E-state index in [0.29, 0.717) is 64.1 Å². The van der Waals surface area contributed by atoms with Crippen LogP contribution in [0.3, 0.4) is 0 Å². The van der Waals surface area contributed by atoms with E-state index in [0.717, 1.165) is 33.3 Å². The summed E-state index contributed by atoms with van der Waals surface area (Å²) >= 11 is 13.6. The minimum atomic E-state index is 0.330. The summed E-state index contributed by atoms with van der Waals surface area (Å²) in [6.07, 6.45) is 5.60. The Labute approximate surface area is 260 Å². The minimum absolute atomic E-state index is 0.330. The third-order valence-electron chi connectivity index (χ3n) is 7.01. The fraction of sp³-hybridized carbons (Fsp3) is 0.258. The Morgan fingerprint density at radius 2 is 1.74 bits per heavy atom. The molecule has 0 fully saturated rings. The van der Waals surface area contributed by atoms with Gasteiger partial charge in [0.2, 0.25) is 0 Å². The summed E-state index contributed by atoms with van der Waals surface area (Å²) in [5.74, 6) is 2.14. The molecular weight excluding hydrogens is 589 g/mol. The smallest absolute Gasteiger partial charge is 0.141 e. The second-order valence-electron chi connectivity index (χ2n) is 9.76. The summed E-state index contributed by atoms with van der Waals surface area (Å²) < 4.78 is 18.0. The van der Waals surface area contributed by atoms with Gasteiger partial charge >= 0.3 is 0 Å². The van der Waals surface area contributed by atoms with Gasteiger partial charge in [-0.1, -0.05) is 35.3 Å². The highest BCUT2D eigenvalue weighted by Gasteiger charge is 2.21. The van der Waals surface area contributed by atoms with Crippen molar-refractivity contribution < 1.29 is 14.2 Å². The molecule has 0 unspecified atom stereocenters. The molecule has 0 amide bonds. The average molecular weight is 623 g/mol. The number of hydrogen-bond donors (Lipinski definition) is 3. The van der Waals surface area contributed by atoms with Crippen molar-refractivity contribution in [3.8, 4) is 22.8 Å². The number of aryl methyl sites for hydroxylation is 1. The molecule has 224 valence electrons. The van der Waals surface area contributed by atoms with Crippen molar-refractivity contribution in [3.05, 3.63) is 76.2 Å². The Bertz CT molecular complexity index is 1730. The van der Waals surface area contributed by atoms with Gasteiger partial charge < -0.3 is 30.2 Å². The van der Waals surface area contributed by atoms with Gasteiger partial charge in [-0.05, 0) is 30.7 Å².